The molecule has 6 rings (SSSR count). The smallest absolute Gasteiger partial charge is 0.269 e. The number of para-hydroxylation sites is 1. The number of carbonyl (C=O) groups excluding carboxylic acids is 1. The summed E-state index contributed by atoms with van der Waals surface area (Å²) in [5, 5.41) is 32.2. The molecule has 46 heavy (non-hydrogen) atoms. The Hall–Kier alpha value is -5.81. The second-order valence-corrected chi connectivity index (χ2v) is 11.3. The number of benzene rings is 4. The average Bonchev–Trinajstić information content (AvgIpc) is 3.44. The third-order valence-corrected chi connectivity index (χ3v) is 8.54. The molecule has 4 aromatic carbocycles. The van der Waals surface area contributed by atoms with Gasteiger partial charge < -0.3 is 24.6 Å². The average molecular weight is 634 g/mol. The first-order chi connectivity index (χ1) is 22.3. The van der Waals surface area contributed by atoms with Crippen molar-refractivity contribution >= 4 is 46.2 Å². The van der Waals surface area contributed by atoms with Crippen LogP contribution in [0.5, 0.6) is 23.0 Å². The number of thioether (sulfide) groups is 1. The Morgan fingerprint density at radius 1 is 0.891 bits per heavy atom. The van der Waals surface area contributed by atoms with Gasteiger partial charge in [0.2, 0.25) is 0 Å². The lowest BCUT2D eigenvalue weighted by molar-refractivity contribution is -0.384. The predicted octanol–water partition coefficient (Wildman–Crippen LogP) is 7.30. The number of carbonyl (C=O) groups is 1. The Balaban J connectivity index is 1.52. The lowest BCUT2D eigenvalue weighted by Crippen LogP contribution is -2.36. The summed E-state index contributed by atoms with van der Waals surface area (Å²) >= 11 is 1.47. The number of nitro benzene ring substituents is 1. The lowest BCUT2D eigenvalue weighted by Gasteiger charge is -2.35. The van der Waals surface area contributed by atoms with E-state index < -0.39 is 11.0 Å². The van der Waals surface area contributed by atoms with E-state index in [0.29, 0.717) is 38.9 Å². The first-order valence-electron chi connectivity index (χ1n) is 14.0. The van der Waals surface area contributed by atoms with E-state index >= 15 is 0 Å². The minimum Gasteiger partial charge on any atom is -0.504 e. The van der Waals surface area contributed by atoms with Crippen molar-refractivity contribution in [3.05, 3.63) is 135 Å². The van der Waals surface area contributed by atoms with Crippen molar-refractivity contribution in [3.63, 3.8) is 0 Å². The number of ether oxygens (including phenoxy) is 2. The zero-order chi connectivity index (χ0) is 32.4. The van der Waals surface area contributed by atoms with Crippen molar-refractivity contribution in [1.82, 2.24) is 0 Å². The van der Waals surface area contributed by atoms with E-state index in [1.807, 2.05) is 29.2 Å². The zero-order valence-electron chi connectivity index (χ0n) is 24.7. The first-order valence-corrected chi connectivity index (χ1v) is 14.9. The molecule has 0 aliphatic carbocycles. The number of nitrogens with zero attached hydrogens (tertiary/aromatic N) is 3. The van der Waals surface area contributed by atoms with Crippen LogP contribution in [0.1, 0.15) is 22.7 Å². The standard InChI is InChI=1S/C35H27N3O7S/c1-44-30-19-21(8-16-27(30)39)7-15-25-33(29(41)18-10-22-9-17-28(40)31(20-22)45-2)34(23-11-13-24(14-12-23)38(42)43)37-26-5-3-4-6-32(26)46-35(37)36-25/h3-20,34,39-40H,1-2H3/b15-7+,18-10+. The molecular formula is C35H27N3O7S. The molecular weight excluding hydrogens is 606 g/mol. The maximum atomic E-state index is 14.3. The van der Waals surface area contributed by atoms with Crippen LogP contribution in [0, 0.1) is 10.1 Å². The Morgan fingerprint density at radius 2 is 1.52 bits per heavy atom. The van der Waals surface area contributed by atoms with Crippen LogP contribution < -0.4 is 14.4 Å². The molecule has 0 saturated carbocycles. The van der Waals surface area contributed by atoms with Crippen LogP contribution in [0.3, 0.4) is 0 Å². The highest BCUT2D eigenvalue weighted by molar-refractivity contribution is 8.14. The number of nitro groups is 1. The van der Waals surface area contributed by atoms with Gasteiger partial charge >= 0.3 is 0 Å². The van der Waals surface area contributed by atoms with Gasteiger partial charge in [0, 0.05) is 17.0 Å². The number of amidine groups is 1. The number of non-ortho nitro benzene ring substituents is 1. The largest absolute Gasteiger partial charge is 0.504 e. The van der Waals surface area contributed by atoms with E-state index in [0.717, 1.165) is 10.6 Å². The number of hydrogen-bond donors (Lipinski definition) is 2. The molecule has 0 spiro atoms. The van der Waals surface area contributed by atoms with E-state index in [-0.39, 0.29) is 28.7 Å². The fourth-order valence-electron chi connectivity index (χ4n) is 5.27. The van der Waals surface area contributed by atoms with E-state index in [1.54, 1.807) is 54.6 Å². The molecule has 1 unspecified atom stereocenters. The number of aromatic hydroxyl groups is 2. The van der Waals surface area contributed by atoms with Crippen molar-refractivity contribution < 1.29 is 29.4 Å². The summed E-state index contributed by atoms with van der Waals surface area (Å²) in [6.07, 6.45) is 6.58. The molecule has 4 aromatic rings. The molecule has 2 heterocycles. The molecule has 1 atom stereocenters. The van der Waals surface area contributed by atoms with E-state index in [2.05, 4.69) is 0 Å². The highest BCUT2D eigenvalue weighted by Crippen LogP contribution is 2.50. The van der Waals surface area contributed by atoms with Crippen molar-refractivity contribution in [3.8, 4) is 23.0 Å². The number of allylic oxidation sites excluding steroid dienone is 2. The summed E-state index contributed by atoms with van der Waals surface area (Å²) in [4.78, 5) is 33.2. The summed E-state index contributed by atoms with van der Waals surface area (Å²) in [6, 6.07) is 22.9. The molecule has 0 fully saturated rings. The third kappa shape index (κ3) is 5.83. The monoisotopic (exact) mass is 633 g/mol. The molecule has 11 heteroatoms. The van der Waals surface area contributed by atoms with Crippen LogP contribution in [-0.2, 0) is 4.79 Å². The maximum Gasteiger partial charge on any atom is 0.269 e. The number of hydrogen-bond acceptors (Lipinski definition) is 10. The lowest BCUT2D eigenvalue weighted by atomic mass is 9.90. The number of phenolic OH excluding ortho intramolecular Hbond substituents is 2. The van der Waals surface area contributed by atoms with Crippen molar-refractivity contribution in [2.45, 2.75) is 10.9 Å². The van der Waals surface area contributed by atoms with Crippen molar-refractivity contribution in [2.75, 3.05) is 19.1 Å². The third-order valence-electron chi connectivity index (χ3n) is 7.51. The quantitative estimate of drug-likeness (QED) is 0.111. The van der Waals surface area contributed by atoms with E-state index in [4.69, 9.17) is 14.5 Å². The molecule has 0 saturated heterocycles. The second-order valence-electron chi connectivity index (χ2n) is 10.3. The number of methoxy groups -OCH3 is 2. The minimum absolute atomic E-state index is 0.00219. The van der Waals surface area contributed by atoms with Crippen LogP contribution >= 0.6 is 11.8 Å². The number of phenols is 2. The van der Waals surface area contributed by atoms with Crippen LogP contribution in [0.15, 0.2) is 118 Å². The summed E-state index contributed by atoms with van der Waals surface area (Å²) < 4.78 is 10.5. The van der Waals surface area contributed by atoms with Crippen molar-refractivity contribution in [2.24, 2.45) is 4.99 Å². The van der Waals surface area contributed by atoms with E-state index in [9.17, 15) is 25.1 Å². The summed E-state index contributed by atoms with van der Waals surface area (Å²) in [5.74, 6) is 0.201. The number of fused-ring (bicyclic) bond motifs is 3. The Labute approximate surface area is 268 Å². The number of ketones is 1. The highest BCUT2D eigenvalue weighted by atomic mass is 32.2. The fraction of sp³-hybridized carbons (Fsp3) is 0.0857. The fourth-order valence-corrected chi connectivity index (χ4v) is 6.33. The number of anilines is 1. The highest BCUT2D eigenvalue weighted by Gasteiger charge is 2.41. The Kier molecular flexibility index (Phi) is 8.32. The Morgan fingerprint density at radius 3 is 2.15 bits per heavy atom. The SMILES string of the molecule is COc1cc(/C=C/C(=O)C2=C(/C=C/c3ccc(O)c(OC)c3)N=C3Sc4ccccc4N3C2c2ccc([N+](=O)[O-])cc2)ccc1O. The van der Waals surface area contributed by atoms with Gasteiger partial charge in [-0.1, -0.05) is 36.4 Å². The van der Waals surface area contributed by atoms with Crippen LogP contribution in [0.2, 0.25) is 0 Å². The maximum absolute atomic E-state index is 14.3. The van der Waals surface area contributed by atoms with Gasteiger partial charge in [0.05, 0.1) is 42.1 Å². The summed E-state index contributed by atoms with van der Waals surface area (Å²) in [5.41, 5.74) is 3.54. The number of rotatable bonds is 9. The van der Waals surface area contributed by atoms with Crippen LogP contribution in [0.25, 0.3) is 12.2 Å². The van der Waals surface area contributed by atoms with Crippen molar-refractivity contribution in [1.29, 1.82) is 0 Å². The minimum atomic E-state index is -0.676. The number of aliphatic imine (C=N–C) groups is 1. The molecule has 230 valence electrons. The topological polar surface area (TPSA) is 135 Å². The molecule has 0 bridgehead atoms. The van der Waals surface area contributed by atoms with Gasteiger partial charge in [0.15, 0.2) is 33.9 Å². The predicted molar refractivity (Wildman–Crippen MR) is 177 cm³/mol. The van der Waals surface area contributed by atoms with Gasteiger partial charge in [-0.05, 0) is 89.1 Å². The second kappa shape index (κ2) is 12.7. The summed E-state index contributed by atoms with van der Waals surface area (Å²) in [6.45, 7) is 0. The molecule has 2 aliphatic heterocycles. The molecule has 10 nitrogen and oxygen atoms in total. The molecule has 2 N–H and O–H groups in total. The van der Waals surface area contributed by atoms with Gasteiger partial charge in [-0.2, -0.15) is 0 Å². The van der Waals surface area contributed by atoms with Gasteiger partial charge in [-0.3, -0.25) is 14.9 Å². The molecule has 0 radical (unpaired) electrons. The molecule has 2 aliphatic rings. The normalized spacial score (nSPS) is 15.6. The van der Waals surface area contributed by atoms with Crippen LogP contribution in [0.4, 0.5) is 11.4 Å². The van der Waals surface area contributed by atoms with Crippen LogP contribution in [-0.4, -0.2) is 40.3 Å². The van der Waals surface area contributed by atoms with E-state index in [1.165, 1.54) is 56.3 Å². The molecule has 0 aromatic heterocycles. The zero-order valence-corrected chi connectivity index (χ0v) is 25.5. The molecule has 0 amide bonds. The van der Waals surface area contributed by atoms with Gasteiger partial charge in [0.25, 0.3) is 5.69 Å². The van der Waals surface area contributed by atoms with Gasteiger partial charge in [-0.15, -0.1) is 0 Å². The Bertz CT molecular complexity index is 1980. The van der Waals surface area contributed by atoms with Gasteiger partial charge in [0.1, 0.15) is 0 Å². The summed E-state index contributed by atoms with van der Waals surface area (Å²) in [7, 11) is 2.91. The van der Waals surface area contributed by atoms with Gasteiger partial charge in [-0.25, -0.2) is 4.99 Å². The first kappa shape index (κ1) is 30.2.